The van der Waals surface area contributed by atoms with Crippen molar-refractivity contribution < 1.29 is 9.90 Å². The summed E-state index contributed by atoms with van der Waals surface area (Å²) in [5.74, 6) is -0.900. The van der Waals surface area contributed by atoms with Gasteiger partial charge in [-0.2, -0.15) is 0 Å². The summed E-state index contributed by atoms with van der Waals surface area (Å²) in [7, 11) is 0. The van der Waals surface area contributed by atoms with E-state index in [1.165, 1.54) is 0 Å². The van der Waals surface area contributed by atoms with Crippen LogP contribution in [0.4, 0.5) is 11.4 Å². The van der Waals surface area contributed by atoms with Crippen LogP contribution in [0.3, 0.4) is 0 Å². The maximum absolute atomic E-state index is 10.5. The summed E-state index contributed by atoms with van der Waals surface area (Å²) >= 11 is 0. The smallest absolute Gasteiger partial charge is 0.325 e. The van der Waals surface area contributed by atoms with Crippen molar-refractivity contribution in [3.05, 3.63) is 24.3 Å². The predicted molar refractivity (Wildman–Crippen MR) is 51.6 cm³/mol. The molecule has 0 unspecified atom stereocenters. The van der Waals surface area contributed by atoms with Crippen molar-refractivity contribution in [1.82, 2.24) is 0 Å². The third-order valence-electron chi connectivity index (χ3n) is 1.70. The zero-order valence-electron chi connectivity index (χ0n) is 7.32. The fraction of sp³-hybridized carbons (Fsp3) is 0.222. The Morgan fingerprint density at radius 1 is 1.54 bits per heavy atom. The molecule has 1 atom stereocenters. The number of nitrogen functional groups attached to an aromatic ring is 1. The second-order valence-electron chi connectivity index (χ2n) is 2.79. The lowest BCUT2D eigenvalue weighted by Gasteiger charge is -2.12. The minimum atomic E-state index is -0.900. The average Bonchev–Trinajstić information content (AvgIpc) is 2.08. The fourth-order valence-electron chi connectivity index (χ4n) is 0.923. The number of carboxylic acids is 1. The molecule has 4 nitrogen and oxygen atoms in total. The van der Waals surface area contributed by atoms with Gasteiger partial charge in [-0.15, -0.1) is 0 Å². The number of anilines is 2. The molecule has 13 heavy (non-hydrogen) atoms. The Balaban J connectivity index is 2.74. The zero-order chi connectivity index (χ0) is 9.84. The van der Waals surface area contributed by atoms with Crippen molar-refractivity contribution in [2.24, 2.45) is 0 Å². The third kappa shape index (κ3) is 2.37. The molecule has 0 saturated carbocycles. The summed E-state index contributed by atoms with van der Waals surface area (Å²) in [6.07, 6.45) is 0. The fourth-order valence-corrected chi connectivity index (χ4v) is 0.923. The quantitative estimate of drug-likeness (QED) is 0.610. The summed E-state index contributed by atoms with van der Waals surface area (Å²) in [5, 5.41) is 11.4. The van der Waals surface area contributed by atoms with E-state index < -0.39 is 12.0 Å². The molecular formula is C9H12N2O2. The van der Waals surface area contributed by atoms with E-state index in [0.717, 1.165) is 0 Å². The van der Waals surface area contributed by atoms with E-state index in [0.29, 0.717) is 11.4 Å². The highest BCUT2D eigenvalue weighted by atomic mass is 16.4. The van der Waals surface area contributed by atoms with E-state index in [4.69, 9.17) is 10.8 Å². The molecule has 4 heteroatoms. The van der Waals surface area contributed by atoms with Crippen LogP contribution in [0.5, 0.6) is 0 Å². The van der Waals surface area contributed by atoms with Crippen molar-refractivity contribution in [2.75, 3.05) is 11.1 Å². The number of para-hydroxylation sites is 2. The molecule has 0 heterocycles. The zero-order valence-corrected chi connectivity index (χ0v) is 7.32. The number of nitrogens with one attached hydrogen (secondary N) is 1. The highest BCUT2D eigenvalue weighted by Crippen LogP contribution is 2.17. The Bertz CT molecular complexity index is 312. The highest BCUT2D eigenvalue weighted by Gasteiger charge is 2.10. The Morgan fingerprint density at radius 2 is 2.15 bits per heavy atom. The molecule has 0 bridgehead atoms. The SMILES string of the molecule is C[C@@H](Nc1ccccc1N)C(=O)O. The van der Waals surface area contributed by atoms with Crippen LogP contribution < -0.4 is 11.1 Å². The number of nitrogens with two attached hydrogens (primary N) is 1. The largest absolute Gasteiger partial charge is 0.480 e. The lowest BCUT2D eigenvalue weighted by molar-refractivity contribution is -0.137. The first-order valence-corrected chi connectivity index (χ1v) is 3.95. The number of carbonyl (C=O) groups is 1. The predicted octanol–water partition coefficient (Wildman–Crippen LogP) is 1.15. The summed E-state index contributed by atoms with van der Waals surface area (Å²) in [4.78, 5) is 10.5. The van der Waals surface area contributed by atoms with Gasteiger partial charge >= 0.3 is 5.97 Å². The van der Waals surface area contributed by atoms with Crippen molar-refractivity contribution in [3.8, 4) is 0 Å². The summed E-state index contributed by atoms with van der Waals surface area (Å²) in [6.45, 7) is 1.56. The van der Waals surface area contributed by atoms with Crippen molar-refractivity contribution in [2.45, 2.75) is 13.0 Å². The molecule has 0 aliphatic heterocycles. The average molecular weight is 180 g/mol. The number of aliphatic carboxylic acids is 1. The number of benzene rings is 1. The van der Waals surface area contributed by atoms with E-state index in [1.54, 1.807) is 31.2 Å². The molecule has 1 aromatic carbocycles. The molecule has 0 amide bonds. The van der Waals surface area contributed by atoms with Gasteiger partial charge in [0.25, 0.3) is 0 Å². The molecule has 0 radical (unpaired) electrons. The van der Waals surface area contributed by atoms with Crippen LogP contribution in [-0.4, -0.2) is 17.1 Å². The van der Waals surface area contributed by atoms with Crippen LogP contribution in [0.25, 0.3) is 0 Å². The van der Waals surface area contributed by atoms with Crippen molar-refractivity contribution in [3.63, 3.8) is 0 Å². The van der Waals surface area contributed by atoms with Gasteiger partial charge in [-0.3, -0.25) is 4.79 Å². The number of carboxylic acid groups (broad SMARTS) is 1. The number of rotatable bonds is 3. The van der Waals surface area contributed by atoms with Gasteiger partial charge in [-0.1, -0.05) is 12.1 Å². The van der Waals surface area contributed by atoms with E-state index in [2.05, 4.69) is 5.32 Å². The molecule has 0 spiro atoms. The molecule has 70 valence electrons. The lowest BCUT2D eigenvalue weighted by atomic mass is 10.2. The molecule has 1 rings (SSSR count). The summed E-state index contributed by atoms with van der Waals surface area (Å²) < 4.78 is 0. The Kier molecular flexibility index (Phi) is 2.74. The van der Waals surface area contributed by atoms with Gasteiger partial charge in [0.2, 0.25) is 0 Å². The van der Waals surface area contributed by atoms with E-state index >= 15 is 0 Å². The van der Waals surface area contributed by atoms with E-state index in [1.807, 2.05) is 0 Å². The van der Waals surface area contributed by atoms with Crippen LogP contribution in [0.15, 0.2) is 24.3 Å². The molecule has 0 aliphatic rings. The number of hydrogen-bond acceptors (Lipinski definition) is 3. The second-order valence-corrected chi connectivity index (χ2v) is 2.79. The van der Waals surface area contributed by atoms with Crippen LogP contribution in [0.2, 0.25) is 0 Å². The van der Waals surface area contributed by atoms with Crippen LogP contribution in [0, 0.1) is 0 Å². The molecule has 0 aromatic heterocycles. The monoisotopic (exact) mass is 180 g/mol. The van der Waals surface area contributed by atoms with Crippen LogP contribution >= 0.6 is 0 Å². The Morgan fingerprint density at radius 3 is 2.69 bits per heavy atom. The van der Waals surface area contributed by atoms with Crippen molar-refractivity contribution in [1.29, 1.82) is 0 Å². The summed E-state index contributed by atoms with van der Waals surface area (Å²) in [6, 6.07) is 6.43. The Hall–Kier alpha value is -1.71. The first-order chi connectivity index (χ1) is 6.11. The maximum Gasteiger partial charge on any atom is 0.325 e. The van der Waals surface area contributed by atoms with Gasteiger partial charge in [-0.05, 0) is 19.1 Å². The van der Waals surface area contributed by atoms with Gasteiger partial charge in [0.15, 0.2) is 0 Å². The number of hydrogen-bond donors (Lipinski definition) is 3. The van der Waals surface area contributed by atoms with Crippen LogP contribution in [-0.2, 0) is 4.79 Å². The van der Waals surface area contributed by atoms with Gasteiger partial charge < -0.3 is 16.2 Å². The minimum absolute atomic E-state index is 0.551. The maximum atomic E-state index is 10.5. The van der Waals surface area contributed by atoms with Gasteiger partial charge in [0.05, 0.1) is 11.4 Å². The summed E-state index contributed by atoms with van der Waals surface area (Å²) in [5.41, 5.74) is 6.82. The topological polar surface area (TPSA) is 75.3 Å². The van der Waals surface area contributed by atoms with Gasteiger partial charge in [-0.25, -0.2) is 0 Å². The standard InChI is InChI=1S/C9H12N2O2/c1-6(9(12)13)11-8-5-3-2-4-7(8)10/h2-6,11H,10H2,1H3,(H,12,13)/t6-/m1/s1. The third-order valence-corrected chi connectivity index (χ3v) is 1.70. The van der Waals surface area contributed by atoms with E-state index in [-0.39, 0.29) is 0 Å². The lowest BCUT2D eigenvalue weighted by Crippen LogP contribution is -2.25. The van der Waals surface area contributed by atoms with Gasteiger partial charge in [0, 0.05) is 0 Å². The molecule has 0 fully saturated rings. The molecule has 1 aromatic rings. The highest BCUT2D eigenvalue weighted by molar-refractivity contribution is 5.79. The Labute approximate surface area is 76.4 Å². The van der Waals surface area contributed by atoms with E-state index in [9.17, 15) is 4.79 Å². The van der Waals surface area contributed by atoms with Crippen LogP contribution in [0.1, 0.15) is 6.92 Å². The molecule has 0 aliphatic carbocycles. The van der Waals surface area contributed by atoms with Crippen molar-refractivity contribution >= 4 is 17.3 Å². The molecule has 4 N–H and O–H groups in total. The molecular weight excluding hydrogens is 168 g/mol. The second kappa shape index (κ2) is 3.80. The van der Waals surface area contributed by atoms with Gasteiger partial charge in [0.1, 0.15) is 6.04 Å². The molecule has 0 saturated heterocycles. The normalized spacial score (nSPS) is 12.1. The first kappa shape index (κ1) is 9.38. The first-order valence-electron chi connectivity index (χ1n) is 3.95. The minimum Gasteiger partial charge on any atom is -0.480 e.